The summed E-state index contributed by atoms with van der Waals surface area (Å²) in [5.41, 5.74) is 1.98. The number of para-hydroxylation sites is 1. The minimum atomic E-state index is -2.89. The molecule has 3 heterocycles. The number of nitrogens with zero attached hydrogens (tertiary/aromatic N) is 2. The van der Waals surface area contributed by atoms with Crippen molar-refractivity contribution in [3.05, 3.63) is 84.5 Å². The Morgan fingerprint density at radius 2 is 1.97 bits per heavy atom. The molecule has 0 radical (unpaired) electrons. The fourth-order valence-corrected chi connectivity index (χ4v) is 3.73. The number of fused-ring (bicyclic) bond motifs is 1. The van der Waals surface area contributed by atoms with Crippen LogP contribution in [0.1, 0.15) is 24.0 Å². The van der Waals surface area contributed by atoms with Gasteiger partial charge in [-0.2, -0.15) is 13.9 Å². The van der Waals surface area contributed by atoms with Gasteiger partial charge in [0.15, 0.2) is 5.76 Å². The zero-order valence-electron chi connectivity index (χ0n) is 17.3. The van der Waals surface area contributed by atoms with Crippen LogP contribution in [0.5, 0.6) is 5.75 Å². The van der Waals surface area contributed by atoms with Crippen molar-refractivity contribution in [3.8, 4) is 5.75 Å². The number of amides is 1. The third-order valence-electron chi connectivity index (χ3n) is 5.27. The number of anilines is 1. The maximum atomic E-state index is 13.0. The van der Waals surface area contributed by atoms with Gasteiger partial charge < -0.3 is 18.9 Å². The first kappa shape index (κ1) is 20.7. The number of furan rings is 2. The molecular weight excluding hydrogens is 432 g/mol. The summed E-state index contributed by atoms with van der Waals surface area (Å²) >= 11 is 0. The highest BCUT2D eigenvalue weighted by Gasteiger charge is 2.35. The van der Waals surface area contributed by atoms with Crippen LogP contribution in [0.3, 0.4) is 0 Å². The van der Waals surface area contributed by atoms with Gasteiger partial charge in [0.2, 0.25) is 0 Å². The molecule has 9 heteroatoms. The molecule has 33 heavy (non-hydrogen) atoms. The molecule has 1 atom stereocenters. The van der Waals surface area contributed by atoms with Crippen molar-refractivity contribution >= 4 is 28.3 Å². The van der Waals surface area contributed by atoms with E-state index in [9.17, 15) is 13.6 Å². The van der Waals surface area contributed by atoms with Crippen LogP contribution in [-0.4, -0.2) is 29.8 Å². The lowest BCUT2D eigenvalue weighted by atomic mass is 10.1. The lowest BCUT2D eigenvalue weighted by Gasteiger charge is -2.20. The van der Waals surface area contributed by atoms with Crippen LogP contribution in [0.4, 0.5) is 14.5 Å². The van der Waals surface area contributed by atoms with E-state index in [-0.39, 0.29) is 18.2 Å². The van der Waals surface area contributed by atoms with Gasteiger partial charge >= 0.3 is 6.61 Å². The molecule has 0 bridgehead atoms. The lowest BCUT2D eigenvalue weighted by Crippen LogP contribution is -2.32. The second-order valence-corrected chi connectivity index (χ2v) is 7.43. The summed E-state index contributed by atoms with van der Waals surface area (Å²) in [5, 5.41) is 9.89. The van der Waals surface area contributed by atoms with Gasteiger partial charge in [-0.3, -0.25) is 4.79 Å². The molecule has 0 aliphatic carbocycles. The van der Waals surface area contributed by atoms with Crippen molar-refractivity contribution in [1.29, 1.82) is 0 Å². The van der Waals surface area contributed by atoms with E-state index in [2.05, 4.69) is 15.2 Å². The minimum Gasteiger partial charge on any atom is -0.467 e. The Bertz CT molecular complexity index is 1250. The van der Waals surface area contributed by atoms with Gasteiger partial charge in [0.25, 0.3) is 5.91 Å². The lowest BCUT2D eigenvalue weighted by molar-refractivity contribution is -0.131. The van der Waals surface area contributed by atoms with Gasteiger partial charge in [-0.25, -0.2) is 5.01 Å². The number of carbonyl (C=O) groups is 1. The van der Waals surface area contributed by atoms with Crippen LogP contribution in [0.2, 0.25) is 0 Å². The number of alkyl halides is 2. The summed E-state index contributed by atoms with van der Waals surface area (Å²) in [5.74, 6) is 0.979. The molecule has 2 aromatic heterocycles. The molecule has 0 spiro atoms. The number of rotatable bonds is 7. The Morgan fingerprint density at radius 3 is 2.70 bits per heavy atom. The molecule has 1 aliphatic rings. The van der Waals surface area contributed by atoms with E-state index in [1.54, 1.807) is 30.5 Å². The van der Waals surface area contributed by atoms with Crippen LogP contribution < -0.4 is 10.1 Å². The summed E-state index contributed by atoms with van der Waals surface area (Å²) in [6.45, 7) is -2.94. The number of hydrogen-bond donors (Lipinski definition) is 1. The van der Waals surface area contributed by atoms with Crippen molar-refractivity contribution in [2.75, 3.05) is 11.9 Å². The number of ether oxygens (including phenoxy) is 1. The van der Waals surface area contributed by atoms with Crippen molar-refractivity contribution < 1.29 is 27.1 Å². The first-order valence-electron chi connectivity index (χ1n) is 10.3. The summed E-state index contributed by atoms with van der Waals surface area (Å²) in [6, 6.07) is 18.6. The van der Waals surface area contributed by atoms with Crippen molar-refractivity contribution in [3.63, 3.8) is 0 Å². The van der Waals surface area contributed by atoms with E-state index >= 15 is 0 Å². The zero-order chi connectivity index (χ0) is 22.8. The molecule has 0 saturated carbocycles. The second kappa shape index (κ2) is 8.78. The topological polar surface area (TPSA) is 80.2 Å². The van der Waals surface area contributed by atoms with Gasteiger partial charge in [-0.15, -0.1) is 0 Å². The molecule has 0 fully saturated rings. The first-order chi connectivity index (χ1) is 16.1. The Labute approximate surface area is 187 Å². The highest BCUT2D eigenvalue weighted by molar-refractivity contribution is 6.03. The summed E-state index contributed by atoms with van der Waals surface area (Å²) in [7, 11) is 0. The van der Waals surface area contributed by atoms with Gasteiger partial charge in [0, 0.05) is 17.5 Å². The maximum absolute atomic E-state index is 13.0. The number of hydrazone groups is 1. The van der Waals surface area contributed by atoms with E-state index < -0.39 is 12.7 Å². The van der Waals surface area contributed by atoms with Crippen LogP contribution in [0, 0.1) is 0 Å². The third-order valence-corrected chi connectivity index (χ3v) is 5.27. The smallest absolute Gasteiger partial charge is 0.387 e. The summed E-state index contributed by atoms with van der Waals surface area (Å²) in [4.78, 5) is 13.0. The predicted octanol–water partition coefficient (Wildman–Crippen LogP) is 5.42. The average molecular weight is 451 g/mol. The number of hydrogen-bond acceptors (Lipinski definition) is 6. The molecule has 1 N–H and O–H groups in total. The molecular formula is C24H19F2N3O4. The Kier molecular flexibility index (Phi) is 5.52. The number of carbonyl (C=O) groups excluding carboxylic acids is 1. The highest BCUT2D eigenvalue weighted by Crippen LogP contribution is 2.34. The highest BCUT2D eigenvalue weighted by atomic mass is 19.3. The quantitative estimate of drug-likeness (QED) is 0.406. The SMILES string of the molecule is O=C(CNc1ccc(OC(F)F)cc1)N1N=C(c2cc3ccccc3o2)C[C@H]1c1ccco1. The van der Waals surface area contributed by atoms with Crippen molar-refractivity contribution in [1.82, 2.24) is 5.01 Å². The fourth-order valence-electron chi connectivity index (χ4n) is 3.73. The maximum Gasteiger partial charge on any atom is 0.387 e. The fraction of sp³-hybridized carbons (Fsp3) is 0.167. The van der Waals surface area contributed by atoms with Crippen LogP contribution in [-0.2, 0) is 4.79 Å². The number of halogens is 2. The van der Waals surface area contributed by atoms with E-state index in [1.807, 2.05) is 30.3 Å². The molecule has 1 amide bonds. The van der Waals surface area contributed by atoms with Crippen LogP contribution in [0.25, 0.3) is 11.0 Å². The standard InChI is InChI=1S/C24H19F2N3O4/c25-24(26)32-17-9-7-16(8-10-17)27-14-23(30)29-19(21-6-3-11-31-21)13-18(28-29)22-12-15-4-1-2-5-20(15)33-22/h1-12,19,24,27H,13-14H2/t19-/m0/s1. The van der Waals surface area contributed by atoms with E-state index in [4.69, 9.17) is 8.83 Å². The average Bonchev–Trinajstić information content (AvgIpc) is 3.56. The molecule has 7 nitrogen and oxygen atoms in total. The van der Waals surface area contributed by atoms with E-state index in [0.29, 0.717) is 29.3 Å². The minimum absolute atomic E-state index is 0.0411. The van der Waals surface area contributed by atoms with Gasteiger partial charge in [0.1, 0.15) is 28.8 Å². The Balaban J connectivity index is 1.33. The number of benzene rings is 2. The largest absolute Gasteiger partial charge is 0.467 e. The first-order valence-corrected chi connectivity index (χ1v) is 10.3. The molecule has 0 saturated heterocycles. The Morgan fingerprint density at radius 1 is 1.15 bits per heavy atom. The molecule has 1 aliphatic heterocycles. The normalized spacial score (nSPS) is 15.8. The van der Waals surface area contributed by atoms with Gasteiger partial charge in [-0.05, 0) is 48.5 Å². The molecule has 0 unspecified atom stereocenters. The molecule has 2 aromatic carbocycles. The summed E-state index contributed by atoms with van der Waals surface area (Å²) in [6.07, 6.45) is 2.00. The second-order valence-electron chi connectivity index (χ2n) is 7.43. The zero-order valence-corrected chi connectivity index (χ0v) is 17.3. The van der Waals surface area contributed by atoms with E-state index in [0.717, 1.165) is 11.0 Å². The third kappa shape index (κ3) is 4.43. The van der Waals surface area contributed by atoms with Gasteiger partial charge in [-0.1, -0.05) is 18.2 Å². The predicted molar refractivity (Wildman–Crippen MR) is 117 cm³/mol. The van der Waals surface area contributed by atoms with Crippen molar-refractivity contribution in [2.24, 2.45) is 5.10 Å². The monoisotopic (exact) mass is 451 g/mol. The number of nitrogens with one attached hydrogen (secondary N) is 1. The van der Waals surface area contributed by atoms with Gasteiger partial charge in [0.05, 0.1) is 12.8 Å². The summed E-state index contributed by atoms with van der Waals surface area (Å²) < 4.78 is 40.4. The van der Waals surface area contributed by atoms with E-state index in [1.165, 1.54) is 17.1 Å². The van der Waals surface area contributed by atoms with Crippen LogP contribution >= 0.6 is 0 Å². The molecule has 5 rings (SSSR count). The molecule has 4 aromatic rings. The van der Waals surface area contributed by atoms with Crippen LogP contribution in [0.15, 0.2) is 86.9 Å². The molecule has 168 valence electrons. The Hall–Kier alpha value is -4.14. The van der Waals surface area contributed by atoms with Crippen molar-refractivity contribution in [2.45, 2.75) is 19.1 Å².